The highest BCUT2D eigenvalue weighted by Crippen LogP contribution is 2.11. The van der Waals surface area contributed by atoms with E-state index >= 15 is 0 Å². The number of pyridine rings is 1. The molecule has 1 heterocycles. The van der Waals surface area contributed by atoms with Crippen LogP contribution < -0.4 is 15.4 Å². The molecule has 0 spiro atoms. The van der Waals surface area contributed by atoms with Crippen molar-refractivity contribution in [2.45, 2.75) is 32.7 Å². The minimum Gasteiger partial charge on any atom is -0.497 e. The van der Waals surface area contributed by atoms with Gasteiger partial charge in [-0.3, -0.25) is 14.6 Å². The van der Waals surface area contributed by atoms with E-state index in [1.54, 1.807) is 13.2 Å². The van der Waals surface area contributed by atoms with Crippen LogP contribution in [0.5, 0.6) is 5.75 Å². The topological polar surface area (TPSA) is 80.3 Å². The Morgan fingerprint density at radius 2 is 1.81 bits per heavy atom. The van der Waals surface area contributed by atoms with Crippen molar-refractivity contribution >= 4 is 11.8 Å². The van der Waals surface area contributed by atoms with E-state index in [1.165, 1.54) is 12.3 Å². The van der Waals surface area contributed by atoms with Crippen molar-refractivity contribution in [1.82, 2.24) is 15.6 Å². The van der Waals surface area contributed by atoms with Crippen molar-refractivity contribution in [3.05, 3.63) is 59.4 Å². The molecule has 0 aliphatic rings. The molecular weight excluding hydrogens is 330 g/mol. The Kier molecular flexibility index (Phi) is 7.61. The van der Waals surface area contributed by atoms with Crippen molar-refractivity contribution in [3.8, 4) is 5.75 Å². The second kappa shape index (κ2) is 10.2. The molecular formula is C20H25N3O3. The lowest BCUT2D eigenvalue weighted by atomic mass is 10.2. The van der Waals surface area contributed by atoms with Crippen LogP contribution in [-0.4, -0.2) is 30.5 Å². The van der Waals surface area contributed by atoms with E-state index < -0.39 is 0 Å². The van der Waals surface area contributed by atoms with Crippen molar-refractivity contribution in [1.29, 1.82) is 0 Å². The summed E-state index contributed by atoms with van der Waals surface area (Å²) < 4.78 is 5.11. The molecule has 2 aromatic rings. The fourth-order valence-electron chi connectivity index (χ4n) is 2.39. The van der Waals surface area contributed by atoms with Gasteiger partial charge >= 0.3 is 0 Å². The molecule has 0 bridgehead atoms. The predicted octanol–water partition coefficient (Wildman–Crippen LogP) is 2.94. The first kappa shape index (κ1) is 19.4. The number of carbonyl (C=O) groups is 2. The molecule has 0 aliphatic carbocycles. The van der Waals surface area contributed by atoms with Gasteiger partial charge in [0.25, 0.3) is 11.8 Å². The standard InChI is InChI=1S/C20H25N3O3/c1-3-4-5-11-22-19(24)16-10-12-21-18(13-16)20(25)23-14-15-6-8-17(26-2)9-7-15/h6-10,12-13H,3-5,11,14H2,1-2H3,(H,22,24)(H,23,25). The van der Waals surface area contributed by atoms with E-state index in [9.17, 15) is 9.59 Å². The summed E-state index contributed by atoms with van der Waals surface area (Å²) in [4.78, 5) is 28.5. The maximum atomic E-state index is 12.3. The predicted molar refractivity (Wildman–Crippen MR) is 100 cm³/mol. The third-order valence-corrected chi connectivity index (χ3v) is 3.93. The molecule has 0 fully saturated rings. The van der Waals surface area contributed by atoms with Crippen molar-refractivity contribution in [2.24, 2.45) is 0 Å². The van der Waals surface area contributed by atoms with Crippen LogP contribution >= 0.6 is 0 Å². The molecule has 1 aromatic heterocycles. The van der Waals surface area contributed by atoms with E-state index in [-0.39, 0.29) is 17.5 Å². The molecule has 26 heavy (non-hydrogen) atoms. The van der Waals surface area contributed by atoms with Crippen LogP contribution in [0.4, 0.5) is 0 Å². The largest absolute Gasteiger partial charge is 0.497 e. The number of benzene rings is 1. The highest BCUT2D eigenvalue weighted by molar-refractivity contribution is 5.98. The van der Waals surface area contributed by atoms with Crippen LogP contribution in [0.2, 0.25) is 0 Å². The SMILES string of the molecule is CCCCCNC(=O)c1ccnc(C(=O)NCc2ccc(OC)cc2)c1. The smallest absolute Gasteiger partial charge is 0.270 e. The molecule has 0 radical (unpaired) electrons. The minimum absolute atomic E-state index is 0.187. The zero-order chi connectivity index (χ0) is 18.8. The summed E-state index contributed by atoms with van der Waals surface area (Å²) in [5, 5.41) is 5.66. The average Bonchev–Trinajstić information content (AvgIpc) is 2.69. The summed E-state index contributed by atoms with van der Waals surface area (Å²) in [6.07, 6.45) is 4.60. The highest BCUT2D eigenvalue weighted by atomic mass is 16.5. The van der Waals surface area contributed by atoms with Crippen LogP contribution in [0.15, 0.2) is 42.6 Å². The zero-order valence-corrected chi connectivity index (χ0v) is 15.2. The number of aromatic nitrogens is 1. The number of unbranched alkanes of at least 4 members (excludes halogenated alkanes) is 2. The van der Waals surface area contributed by atoms with Crippen LogP contribution in [0.25, 0.3) is 0 Å². The number of carbonyl (C=O) groups excluding carboxylic acids is 2. The van der Waals surface area contributed by atoms with Crippen molar-refractivity contribution in [2.75, 3.05) is 13.7 Å². The van der Waals surface area contributed by atoms with Crippen LogP contribution in [0, 0.1) is 0 Å². The number of nitrogens with one attached hydrogen (secondary N) is 2. The number of hydrogen-bond donors (Lipinski definition) is 2. The summed E-state index contributed by atoms with van der Waals surface area (Å²) >= 11 is 0. The normalized spacial score (nSPS) is 10.2. The summed E-state index contributed by atoms with van der Waals surface area (Å²) in [5.41, 5.74) is 1.61. The van der Waals surface area contributed by atoms with Gasteiger partial charge in [-0.2, -0.15) is 0 Å². The molecule has 6 heteroatoms. The Morgan fingerprint density at radius 1 is 1.04 bits per heavy atom. The van der Waals surface area contributed by atoms with Crippen molar-refractivity contribution < 1.29 is 14.3 Å². The van der Waals surface area contributed by atoms with Gasteiger partial charge in [-0.25, -0.2) is 0 Å². The lowest BCUT2D eigenvalue weighted by Gasteiger charge is -2.08. The van der Waals surface area contributed by atoms with Gasteiger partial charge in [0.05, 0.1) is 7.11 Å². The number of ether oxygens (including phenoxy) is 1. The van der Waals surface area contributed by atoms with E-state index in [2.05, 4.69) is 22.5 Å². The van der Waals surface area contributed by atoms with Crippen LogP contribution in [-0.2, 0) is 6.54 Å². The number of nitrogens with zero attached hydrogens (tertiary/aromatic N) is 1. The van der Waals surface area contributed by atoms with Gasteiger partial charge in [-0.15, -0.1) is 0 Å². The Morgan fingerprint density at radius 3 is 2.50 bits per heavy atom. The Hall–Kier alpha value is -2.89. The quantitative estimate of drug-likeness (QED) is 0.678. The Balaban J connectivity index is 1.91. The molecule has 0 aliphatic heterocycles. The number of rotatable bonds is 9. The number of methoxy groups -OCH3 is 1. The molecule has 2 N–H and O–H groups in total. The van der Waals surface area contributed by atoms with E-state index in [0.29, 0.717) is 18.7 Å². The molecule has 0 unspecified atom stereocenters. The molecule has 0 saturated heterocycles. The van der Waals surface area contributed by atoms with Crippen LogP contribution in [0.3, 0.4) is 0 Å². The summed E-state index contributed by atoms with van der Waals surface area (Å²) in [5.74, 6) is 0.258. The highest BCUT2D eigenvalue weighted by Gasteiger charge is 2.11. The first-order valence-electron chi connectivity index (χ1n) is 8.79. The monoisotopic (exact) mass is 355 g/mol. The van der Waals surface area contributed by atoms with Gasteiger partial charge in [0.2, 0.25) is 0 Å². The molecule has 0 saturated carbocycles. The first-order chi connectivity index (χ1) is 12.6. The second-order valence-electron chi connectivity index (χ2n) is 5.92. The van der Waals surface area contributed by atoms with Gasteiger partial charge in [0.15, 0.2) is 0 Å². The number of hydrogen-bond acceptors (Lipinski definition) is 4. The Labute approximate surface area is 154 Å². The fourth-order valence-corrected chi connectivity index (χ4v) is 2.39. The minimum atomic E-state index is -0.318. The summed E-state index contributed by atoms with van der Waals surface area (Å²) in [7, 11) is 1.61. The summed E-state index contributed by atoms with van der Waals surface area (Å²) in [6, 6.07) is 10.6. The fraction of sp³-hybridized carbons (Fsp3) is 0.350. The molecule has 2 amide bonds. The van der Waals surface area contributed by atoms with Gasteiger partial charge in [-0.05, 0) is 36.2 Å². The molecule has 138 valence electrons. The lowest BCUT2D eigenvalue weighted by molar-refractivity contribution is 0.0946. The molecule has 2 rings (SSSR count). The molecule has 1 aromatic carbocycles. The van der Waals surface area contributed by atoms with E-state index in [4.69, 9.17) is 4.74 Å². The Bertz CT molecular complexity index is 729. The number of amides is 2. The lowest BCUT2D eigenvalue weighted by Crippen LogP contribution is -2.26. The third kappa shape index (κ3) is 5.88. The van der Waals surface area contributed by atoms with Gasteiger partial charge in [0.1, 0.15) is 11.4 Å². The van der Waals surface area contributed by atoms with Gasteiger partial charge in [-0.1, -0.05) is 31.9 Å². The maximum absolute atomic E-state index is 12.3. The third-order valence-electron chi connectivity index (χ3n) is 3.93. The maximum Gasteiger partial charge on any atom is 0.270 e. The summed E-state index contributed by atoms with van der Waals surface area (Å²) in [6.45, 7) is 3.12. The molecule has 6 nitrogen and oxygen atoms in total. The zero-order valence-electron chi connectivity index (χ0n) is 15.2. The van der Waals surface area contributed by atoms with Gasteiger partial charge < -0.3 is 15.4 Å². The second-order valence-corrected chi connectivity index (χ2v) is 5.92. The van der Waals surface area contributed by atoms with Gasteiger partial charge in [0, 0.05) is 24.8 Å². The first-order valence-corrected chi connectivity index (χ1v) is 8.79. The molecule has 0 atom stereocenters. The van der Waals surface area contributed by atoms with Crippen molar-refractivity contribution in [3.63, 3.8) is 0 Å². The van der Waals surface area contributed by atoms with E-state index in [0.717, 1.165) is 30.6 Å². The van der Waals surface area contributed by atoms with E-state index in [1.807, 2.05) is 24.3 Å². The average molecular weight is 355 g/mol. The van der Waals surface area contributed by atoms with Crippen LogP contribution in [0.1, 0.15) is 52.6 Å².